The molecular formula is C22H17NO5. The van der Waals surface area contributed by atoms with Gasteiger partial charge in [-0.2, -0.15) is 0 Å². The van der Waals surface area contributed by atoms with Crippen molar-refractivity contribution in [2.24, 2.45) is 0 Å². The van der Waals surface area contributed by atoms with Crippen LogP contribution in [-0.4, -0.2) is 16.7 Å². The third-order valence-corrected chi connectivity index (χ3v) is 4.35. The molecule has 1 atom stereocenters. The molecule has 0 radical (unpaired) electrons. The van der Waals surface area contributed by atoms with Gasteiger partial charge in [-0.05, 0) is 13.0 Å². The molecule has 0 heterocycles. The molecule has 0 aliphatic rings. The van der Waals surface area contributed by atoms with Gasteiger partial charge in [-0.15, -0.1) is 0 Å². The van der Waals surface area contributed by atoms with E-state index in [1.54, 1.807) is 60.7 Å². The molecule has 0 fully saturated rings. The van der Waals surface area contributed by atoms with E-state index in [4.69, 9.17) is 4.74 Å². The Bertz CT molecular complexity index is 1020. The Kier molecular flexibility index (Phi) is 5.60. The van der Waals surface area contributed by atoms with Crippen molar-refractivity contribution in [1.29, 1.82) is 0 Å². The lowest BCUT2D eigenvalue weighted by Crippen LogP contribution is -2.21. The standard InChI is InChI=1S/C22H17NO5/c1-15-18(13-8-14-19(15)23(26)27)22(25)28-21(17-11-6-3-7-12-17)20(24)16-9-4-2-5-10-16/h2-14,21H,1H3. The first kappa shape index (κ1) is 19.0. The summed E-state index contributed by atoms with van der Waals surface area (Å²) in [5.41, 5.74) is 0.986. The van der Waals surface area contributed by atoms with Crippen LogP contribution in [0.3, 0.4) is 0 Å². The van der Waals surface area contributed by atoms with Crippen LogP contribution in [0.1, 0.15) is 37.9 Å². The molecule has 0 aromatic heterocycles. The molecule has 0 saturated carbocycles. The van der Waals surface area contributed by atoms with E-state index < -0.39 is 17.0 Å². The number of ether oxygens (including phenoxy) is 1. The predicted molar refractivity (Wildman–Crippen MR) is 103 cm³/mol. The summed E-state index contributed by atoms with van der Waals surface area (Å²) >= 11 is 0. The Balaban J connectivity index is 1.97. The van der Waals surface area contributed by atoms with E-state index in [2.05, 4.69) is 0 Å². The van der Waals surface area contributed by atoms with Crippen molar-refractivity contribution in [3.63, 3.8) is 0 Å². The second-order valence-electron chi connectivity index (χ2n) is 6.13. The Morgan fingerprint density at radius 2 is 1.50 bits per heavy atom. The van der Waals surface area contributed by atoms with Gasteiger partial charge in [0.05, 0.1) is 10.5 Å². The molecular weight excluding hydrogens is 358 g/mol. The molecule has 6 nitrogen and oxygen atoms in total. The number of nitro groups is 1. The van der Waals surface area contributed by atoms with Crippen molar-refractivity contribution < 1.29 is 19.2 Å². The molecule has 0 amide bonds. The van der Waals surface area contributed by atoms with E-state index in [0.29, 0.717) is 11.1 Å². The quantitative estimate of drug-likeness (QED) is 0.270. The predicted octanol–water partition coefficient (Wildman–Crippen LogP) is 4.68. The number of nitro benzene ring substituents is 1. The van der Waals surface area contributed by atoms with E-state index in [0.717, 1.165) is 0 Å². The molecule has 0 N–H and O–H groups in total. The number of hydrogen-bond donors (Lipinski definition) is 0. The molecule has 3 aromatic carbocycles. The zero-order valence-electron chi connectivity index (χ0n) is 15.1. The van der Waals surface area contributed by atoms with Crippen LogP contribution in [-0.2, 0) is 4.74 Å². The smallest absolute Gasteiger partial charge is 0.339 e. The zero-order chi connectivity index (χ0) is 20.1. The Hall–Kier alpha value is -3.80. The minimum Gasteiger partial charge on any atom is -0.445 e. The summed E-state index contributed by atoms with van der Waals surface area (Å²) in [5, 5.41) is 11.1. The van der Waals surface area contributed by atoms with Gasteiger partial charge in [0, 0.05) is 22.8 Å². The van der Waals surface area contributed by atoms with Crippen LogP contribution in [0.5, 0.6) is 0 Å². The van der Waals surface area contributed by atoms with Gasteiger partial charge in [0.2, 0.25) is 5.78 Å². The Morgan fingerprint density at radius 1 is 0.893 bits per heavy atom. The molecule has 0 spiro atoms. The fraction of sp³-hybridized carbons (Fsp3) is 0.0909. The second-order valence-corrected chi connectivity index (χ2v) is 6.13. The lowest BCUT2D eigenvalue weighted by atomic mass is 9.99. The highest BCUT2D eigenvalue weighted by atomic mass is 16.6. The summed E-state index contributed by atoms with van der Waals surface area (Å²) in [7, 11) is 0. The number of hydrogen-bond acceptors (Lipinski definition) is 5. The first-order chi connectivity index (χ1) is 13.5. The molecule has 0 aliphatic carbocycles. The summed E-state index contributed by atoms with van der Waals surface area (Å²) in [5.74, 6) is -1.16. The number of carbonyl (C=O) groups is 2. The number of Topliss-reactive ketones (excluding diaryl/α,β-unsaturated/α-hetero) is 1. The van der Waals surface area contributed by atoms with Gasteiger partial charge in [0.1, 0.15) is 0 Å². The third kappa shape index (κ3) is 3.96. The molecule has 3 rings (SSSR count). The lowest BCUT2D eigenvalue weighted by molar-refractivity contribution is -0.385. The highest BCUT2D eigenvalue weighted by Crippen LogP contribution is 2.27. The van der Waals surface area contributed by atoms with E-state index in [9.17, 15) is 19.7 Å². The molecule has 28 heavy (non-hydrogen) atoms. The number of nitrogens with zero attached hydrogens (tertiary/aromatic N) is 1. The van der Waals surface area contributed by atoms with Crippen LogP contribution in [0.25, 0.3) is 0 Å². The van der Waals surface area contributed by atoms with Crippen LogP contribution in [0.15, 0.2) is 78.9 Å². The van der Waals surface area contributed by atoms with E-state index in [1.807, 2.05) is 0 Å². The first-order valence-corrected chi connectivity index (χ1v) is 8.58. The highest BCUT2D eigenvalue weighted by Gasteiger charge is 2.28. The average Bonchev–Trinajstić information content (AvgIpc) is 2.72. The molecule has 3 aromatic rings. The fourth-order valence-electron chi connectivity index (χ4n) is 2.87. The zero-order valence-corrected chi connectivity index (χ0v) is 15.1. The van der Waals surface area contributed by atoms with Crippen molar-refractivity contribution >= 4 is 17.4 Å². The van der Waals surface area contributed by atoms with Crippen molar-refractivity contribution in [3.05, 3.63) is 111 Å². The van der Waals surface area contributed by atoms with Crippen LogP contribution in [0, 0.1) is 17.0 Å². The summed E-state index contributed by atoms with van der Waals surface area (Å²) in [6.45, 7) is 1.48. The van der Waals surface area contributed by atoms with Gasteiger partial charge in [-0.1, -0.05) is 66.7 Å². The number of benzene rings is 3. The second kappa shape index (κ2) is 8.26. The van der Waals surface area contributed by atoms with Gasteiger partial charge in [-0.3, -0.25) is 14.9 Å². The van der Waals surface area contributed by atoms with Gasteiger partial charge in [0.25, 0.3) is 5.69 Å². The minimum atomic E-state index is -1.16. The molecule has 140 valence electrons. The number of carbonyl (C=O) groups excluding carboxylic acids is 2. The van der Waals surface area contributed by atoms with Gasteiger partial charge in [-0.25, -0.2) is 4.79 Å². The largest absolute Gasteiger partial charge is 0.445 e. The molecule has 6 heteroatoms. The van der Waals surface area contributed by atoms with E-state index in [1.165, 1.54) is 25.1 Å². The van der Waals surface area contributed by atoms with Crippen LogP contribution in [0.2, 0.25) is 0 Å². The normalized spacial score (nSPS) is 11.5. The Labute approximate surface area is 161 Å². The highest BCUT2D eigenvalue weighted by molar-refractivity contribution is 6.02. The summed E-state index contributed by atoms with van der Waals surface area (Å²) < 4.78 is 5.54. The van der Waals surface area contributed by atoms with Crippen LogP contribution in [0.4, 0.5) is 5.69 Å². The van der Waals surface area contributed by atoms with Crippen molar-refractivity contribution in [2.45, 2.75) is 13.0 Å². The lowest BCUT2D eigenvalue weighted by Gasteiger charge is -2.18. The van der Waals surface area contributed by atoms with Crippen molar-refractivity contribution in [2.75, 3.05) is 0 Å². The van der Waals surface area contributed by atoms with Gasteiger partial charge < -0.3 is 4.74 Å². The van der Waals surface area contributed by atoms with Crippen LogP contribution >= 0.6 is 0 Å². The van der Waals surface area contributed by atoms with Crippen LogP contribution < -0.4 is 0 Å². The SMILES string of the molecule is Cc1c(C(=O)OC(C(=O)c2ccccc2)c2ccccc2)cccc1[N+](=O)[O-]. The van der Waals surface area contributed by atoms with Gasteiger partial charge in [0.15, 0.2) is 6.10 Å². The topological polar surface area (TPSA) is 86.5 Å². The summed E-state index contributed by atoms with van der Waals surface area (Å²) in [6.07, 6.45) is -1.16. The maximum Gasteiger partial charge on any atom is 0.339 e. The van der Waals surface area contributed by atoms with Crippen molar-refractivity contribution in [3.8, 4) is 0 Å². The maximum absolute atomic E-state index is 13.0. The van der Waals surface area contributed by atoms with Gasteiger partial charge >= 0.3 is 5.97 Å². The monoisotopic (exact) mass is 375 g/mol. The van der Waals surface area contributed by atoms with E-state index in [-0.39, 0.29) is 22.6 Å². The fourth-order valence-corrected chi connectivity index (χ4v) is 2.87. The first-order valence-electron chi connectivity index (χ1n) is 8.58. The molecule has 0 saturated heterocycles. The molecule has 1 unspecified atom stereocenters. The molecule has 0 aliphatic heterocycles. The summed E-state index contributed by atoms with van der Waals surface area (Å²) in [6, 6.07) is 21.4. The molecule has 0 bridgehead atoms. The maximum atomic E-state index is 13.0. The number of ketones is 1. The number of rotatable bonds is 6. The summed E-state index contributed by atoms with van der Waals surface area (Å²) in [4.78, 5) is 36.3. The average molecular weight is 375 g/mol. The Morgan fingerprint density at radius 3 is 2.11 bits per heavy atom. The van der Waals surface area contributed by atoms with Crippen molar-refractivity contribution in [1.82, 2.24) is 0 Å². The third-order valence-electron chi connectivity index (χ3n) is 4.35. The number of esters is 1. The van der Waals surface area contributed by atoms with E-state index >= 15 is 0 Å². The minimum absolute atomic E-state index is 0.0518.